The highest BCUT2D eigenvalue weighted by Crippen LogP contribution is 2.24. The lowest BCUT2D eigenvalue weighted by molar-refractivity contribution is -0.136. The van der Waals surface area contributed by atoms with Gasteiger partial charge in [-0.25, -0.2) is 0 Å². The van der Waals surface area contributed by atoms with E-state index in [1.165, 1.54) is 0 Å². The number of hydrogen-bond acceptors (Lipinski definition) is 4. The Morgan fingerprint density at radius 1 is 1.00 bits per heavy atom. The zero-order valence-electron chi connectivity index (χ0n) is 15.7. The van der Waals surface area contributed by atoms with Crippen LogP contribution in [0, 0.1) is 13.8 Å². The van der Waals surface area contributed by atoms with Gasteiger partial charge in [-0.3, -0.25) is 9.59 Å². The van der Waals surface area contributed by atoms with Gasteiger partial charge in [-0.2, -0.15) is 11.3 Å². The lowest BCUT2D eigenvalue weighted by Crippen LogP contribution is -2.37. The van der Waals surface area contributed by atoms with Crippen LogP contribution in [0.4, 0.5) is 5.69 Å². The highest BCUT2D eigenvalue weighted by atomic mass is 32.1. The minimum absolute atomic E-state index is 0.0448. The Morgan fingerprint density at radius 3 is 2.43 bits per heavy atom. The maximum atomic E-state index is 12.1. The van der Waals surface area contributed by atoms with E-state index in [-0.39, 0.29) is 6.54 Å². The quantitative estimate of drug-likeness (QED) is 0.576. The topological polar surface area (TPSA) is 78.4 Å². The second-order valence-electron chi connectivity index (χ2n) is 6.56. The van der Waals surface area contributed by atoms with Crippen molar-refractivity contribution in [2.75, 3.05) is 11.9 Å². The first-order valence-corrected chi connectivity index (χ1v) is 9.86. The largest absolute Gasteiger partial charge is 0.387 e. The van der Waals surface area contributed by atoms with Gasteiger partial charge in [-0.1, -0.05) is 36.4 Å². The lowest BCUT2D eigenvalue weighted by Gasteiger charge is -2.14. The number of rotatable bonds is 5. The van der Waals surface area contributed by atoms with Crippen molar-refractivity contribution in [2.45, 2.75) is 20.0 Å². The molecule has 6 heteroatoms. The van der Waals surface area contributed by atoms with Crippen molar-refractivity contribution in [1.29, 1.82) is 0 Å². The number of hydrogen-bond donors (Lipinski definition) is 3. The van der Waals surface area contributed by atoms with E-state index in [9.17, 15) is 14.7 Å². The van der Waals surface area contributed by atoms with Crippen molar-refractivity contribution in [3.8, 4) is 11.1 Å². The highest BCUT2D eigenvalue weighted by molar-refractivity contribution is 7.08. The highest BCUT2D eigenvalue weighted by Gasteiger charge is 2.17. The van der Waals surface area contributed by atoms with Gasteiger partial charge < -0.3 is 15.7 Å². The van der Waals surface area contributed by atoms with Crippen molar-refractivity contribution >= 4 is 28.8 Å². The SMILES string of the molecule is Cc1cccc(NC(=O)C(=O)NC[C@@H](O)c2ccc(-c3ccsc3)cc2)c1C. The average molecular weight is 394 g/mol. The van der Waals surface area contributed by atoms with Crippen LogP contribution in [0.1, 0.15) is 22.8 Å². The number of thiophene rings is 1. The van der Waals surface area contributed by atoms with Crippen molar-refractivity contribution in [1.82, 2.24) is 5.32 Å². The molecule has 144 valence electrons. The molecule has 0 radical (unpaired) electrons. The fourth-order valence-corrected chi connectivity index (χ4v) is 3.44. The molecule has 28 heavy (non-hydrogen) atoms. The molecule has 0 saturated carbocycles. The molecular formula is C22H22N2O3S. The van der Waals surface area contributed by atoms with E-state index in [2.05, 4.69) is 16.0 Å². The molecule has 2 amide bonds. The number of aliphatic hydroxyl groups excluding tert-OH is 1. The summed E-state index contributed by atoms with van der Waals surface area (Å²) in [5, 5.41) is 19.4. The summed E-state index contributed by atoms with van der Waals surface area (Å²) in [5.74, 6) is -1.54. The number of anilines is 1. The van der Waals surface area contributed by atoms with Gasteiger partial charge in [0.25, 0.3) is 0 Å². The van der Waals surface area contributed by atoms with Crippen LogP contribution in [0.5, 0.6) is 0 Å². The molecule has 3 aromatic rings. The Hall–Kier alpha value is -2.96. The van der Waals surface area contributed by atoms with Crippen molar-refractivity contribution in [3.63, 3.8) is 0 Å². The molecular weight excluding hydrogens is 372 g/mol. The molecule has 5 nitrogen and oxygen atoms in total. The van der Waals surface area contributed by atoms with Crippen LogP contribution in [0.15, 0.2) is 59.3 Å². The minimum Gasteiger partial charge on any atom is -0.387 e. The first-order chi connectivity index (χ1) is 13.5. The van der Waals surface area contributed by atoms with Crippen LogP contribution in [0.3, 0.4) is 0 Å². The molecule has 0 aliphatic carbocycles. The van der Waals surface area contributed by atoms with Crippen LogP contribution < -0.4 is 10.6 Å². The predicted octanol–water partition coefficient (Wildman–Crippen LogP) is 3.82. The third-order valence-corrected chi connectivity index (χ3v) is 5.35. The molecule has 1 aromatic heterocycles. The summed E-state index contributed by atoms with van der Waals surface area (Å²) >= 11 is 1.63. The van der Waals surface area contributed by atoms with Gasteiger partial charge in [-0.05, 0) is 64.6 Å². The first kappa shape index (κ1) is 19.8. The fourth-order valence-electron chi connectivity index (χ4n) is 2.78. The van der Waals surface area contributed by atoms with Gasteiger partial charge in [0.05, 0.1) is 6.10 Å². The number of amides is 2. The Kier molecular flexibility index (Phi) is 6.23. The van der Waals surface area contributed by atoms with E-state index < -0.39 is 17.9 Å². The molecule has 3 rings (SSSR count). The molecule has 0 fully saturated rings. The molecule has 0 bridgehead atoms. The molecule has 0 aliphatic rings. The number of carbonyl (C=O) groups excluding carboxylic acids is 2. The molecule has 1 heterocycles. The molecule has 2 aromatic carbocycles. The number of benzene rings is 2. The van der Waals surface area contributed by atoms with Gasteiger partial charge in [0.15, 0.2) is 0 Å². The lowest BCUT2D eigenvalue weighted by atomic mass is 10.0. The monoisotopic (exact) mass is 394 g/mol. The third-order valence-electron chi connectivity index (χ3n) is 4.66. The number of nitrogens with one attached hydrogen (secondary N) is 2. The number of carbonyl (C=O) groups is 2. The fraction of sp³-hybridized carbons (Fsp3) is 0.182. The van der Waals surface area contributed by atoms with Gasteiger partial charge in [0.1, 0.15) is 0 Å². The van der Waals surface area contributed by atoms with E-state index in [1.54, 1.807) is 17.4 Å². The van der Waals surface area contributed by atoms with Gasteiger partial charge >= 0.3 is 11.8 Å². The first-order valence-electron chi connectivity index (χ1n) is 8.91. The van der Waals surface area contributed by atoms with E-state index in [4.69, 9.17) is 0 Å². The Bertz CT molecular complexity index is 966. The van der Waals surface area contributed by atoms with E-state index in [0.29, 0.717) is 11.3 Å². The maximum absolute atomic E-state index is 12.1. The molecule has 3 N–H and O–H groups in total. The zero-order valence-corrected chi connectivity index (χ0v) is 16.5. The normalized spacial score (nSPS) is 11.7. The van der Waals surface area contributed by atoms with Crippen LogP contribution in [-0.4, -0.2) is 23.5 Å². The van der Waals surface area contributed by atoms with Crippen LogP contribution in [-0.2, 0) is 9.59 Å². The average Bonchev–Trinajstić information content (AvgIpc) is 3.24. The Morgan fingerprint density at radius 2 is 1.75 bits per heavy atom. The van der Waals surface area contributed by atoms with Gasteiger partial charge in [0, 0.05) is 12.2 Å². The third kappa shape index (κ3) is 4.65. The number of aliphatic hydroxyl groups is 1. The van der Waals surface area contributed by atoms with E-state index in [0.717, 1.165) is 22.3 Å². The summed E-state index contributed by atoms with van der Waals surface area (Å²) < 4.78 is 0. The van der Waals surface area contributed by atoms with Crippen LogP contribution >= 0.6 is 11.3 Å². The van der Waals surface area contributed by atoms with Crippen molar-refractivity contribution < 1.29 is 14.7 Å². The summed E-state index contributed by atoms with van der Waals surface area (Å²) in [4.78, 5) is 24.2. The molecule has 0 unspecified atom stereocenters. The Balaban J connectivity index is 1.55. The van der Waals surface area contributed by atoms with E-state index in [1.807, 2.05) is 61.7 Å². The summed E-state index contributed by atoms with van der Waals surface area (Å²) in [6.45, 7) is 3.77. The molecule has 1 atom stereocenters. The molecule has 0 aliphatic heterocycles. The van der Waals surface area contributed by atoms with Crippen molar-refractivity contribution in [2.24, 2.45) is 0 Å². The second-order valence-corrected chi connectivity index (χ2v) is 7.34. The van der Waals surface area contributed by atoms with Crippen LogP contribution in [0.25, 0.3) is 11.1 Å². The minimum atomic E-state index is -0.894. The molecule has 0 saturated heterocycles. The summed E-state index contributed by atoms with van der Waals surface area (Å²) in [6, 6.07) is 15.0. The second kappa shape index (κ2) is 8.82. The van der Waals surface area contributed by atoms with Crippen LogP contribution in [0.2, 0.25) is 0 Å². The maximum Gasteiger partial charge on any atom is 0.313 e. The smallest absolute Gasteiger partial charge is 0.313 e. The van der Waals surface area contributed by atoms with Gasteiger partial charge in [0.2, 0.25) is 0 Å². The summed E-state index contributed by atoms with van der Waals surface area (Å²) in [7, 11) is 0. The standard InChI is InChI=1S/C22H22N2O3S/c1-14-4-3-5-19(15(14)2)24-22(27)21(26)23-12-20(25)17-8-6-16(7-9-17)18-10-11-28-13-18/h3-11,13,20,25H,12H2,1-2H3,(H,23,26)(H,24,27)/t20-/m1/s1. The van der Waals surface area contributed by atoms with Gasteiger partial charge in [-0.15, -0.1) is 0 Å². The summed E-state index contributed by atoms with van der Waals surface area (Å²) in [5.41, 5.74) is 5.41. The zero-order chi connectivity index (χ0) is 20.1. The predicted molar refractivity (Wildman–Crippen MR) is 112 cm³/mol. The number of aryl methyl sites for hydroxylation is 1. The van der Waals surface area contributed by atoms with Crippen molar-refractivity contribution in [3.05, 3.63) is 76.0 Å². The Labute approximate surface area is 168 Å². The summed E-state index contributed by atoms with van der Waals surface area (Å²) in [6.07, 6.45) is -0.894. The van der Waals surface area contributed by atoms with E-state index >= 15 is 0 Å². The molecule has 0 spiro atoms.